The van der Waals surface area contributed by atoms with Gasteiger partial charge in [-0.1, -0.05) is 0 Å². The highest BCUT2D eigenvalue weighted by Gasteiger charge is 2.11. The molecule has 21 heavy (non-hydrogen) atoms. The number of pyridine rings is 1. The molecule has 7 heteroatoms. The number of halogens is 2. The molecule has 0 saturated heterocycles. The van der Waals surface area contributed by atoms with E-state index in [0.717, 1.165) is 12.1 Å². The number of methoxy groups -OCH3 is 1. The third kappa shape index (κ3) is 3.59. The Morgan fingerprint density at radius 2 is 1.81 bits per heavy atom. The minimum Gasteiger partial charge on any atom is -0.465 e. The van der Waals surface area contributed by atoms with Crippen LogP contribution in [-0.2, 0) is 4.74 Å². The number of rotatable bonds is 3. The summed E-state index contributed by atoms with van der Waals surface area (Å²) in [6.07, 6.45) is 1.17. The number of esters is 1. The zero-order valence-electron chi connectivity index (χ0n) is 10.9. The molecule has 1 aromatic heterocycles. The molecule has 1 N–H and O–H groups in total. The van der Waals surface area contributed by atoms with Gasteiger partial charge in [-0.15, -0.1) is 0 Å². The van der Waals surface area contributed by atoms with Crippen molar-refractivity contribution in [2.24, 2.45) is 0 Å². The number of carbonyl (C=O) groups is 2. The number of benzene rings is 1. The van der Waals surface area contributed by atoms with Gasteiger partial charge < -0.3 is 10.1 Å². The molecular weight excluding hydrogens is 282 g/mol. The van der Waals surface area contributed by atoms with Gasteiger partial charge in [-0.25, -0.2) is 13.6 Å². The molecule has 0 spiro atoms. The van der Waals surface area contributed by atoms with Crippen molar-refractivity contribution in [1.29, 1.82) is 0 Å². The predicted octanol–water partition coefficient (Wildman–Crippen LogP) is 2.40. The fourth-order valence-corrected chi connectivity index (χ4v) is 1.59. The van der Waals surface area contributed by atoms with Gasteiger partial charge in [0.2, 0.25) is 0 Å². The Morgan fingerprint density at radius 3 is 2.33 bits per heavy atom. The average Bonchev–Trinajstić information content (AvgIpc) is 2.45. The van der Waals surface area contributed by atoms with E-state index in [9.17, 15) is 18.4 Å². The average molecular weight is 292 g/mol. The molecule has 0 aliphatic rings. The highest BCUT2D eigenvalue weighted by atomic mass is 19.1. The lowest BCUT2D eigenvalue weighted by molar-refractivity contribution is 0.0600. The first-order valence-electron chi connectivity index (χ1n) is 5.81. The van der Waals surface area contributed by atoms with Gasteiger partial charge in [-0.2, -0.15) is 0 Å². The van der Waals surface area contributed by atoms with Crippen LogP contribution < -0.4 is 5.32 Å². The second-order valence-corrected chi connectivity index (χ2v) is 4.04. The molecule has 2 rings (SSSR count). The first-order chi connectivity index (χ1) is 9.99. The van der Waals surface area contributed by atoms with Gasteiger partial charge in [0, 0.05) is 18.0 Å². The molecule has 0 bridgehead atoms. The van der Waals surface area contributed by atoms with Gasteiger partial charge in [0.05, 0.1) is 12.7 Å². The first kappa shape index (κ1) is 14.6. The van der Waals surface area contributed by atoms with Gasteiger partial charge >= 0.3 is 5.97 Å². The number of hydrogen-bond acceptors (Lipinski definition) is 4. The van der Waals surface area contributed by atoms with Gasteiger partial charge in [0.15, 0.2) is 0 Å². The molecule has 0 fully saturated rings. The summed E-state index contributed by atoms with van der Waals surface area (Å²) >= 11 is 0. The Hall–Kier alpha value is -2.83. The second-order valence-electron chi connectivity index (χ2n) is 4.04. The SMILES string of the molecule is COC(=O)c1ccc(C(=O)Nc2cc(F)cc(F)c2)nc1. The van der Waals surface area contributed by atoms with Crippen LogP contribution in [0.2, 0.25) is 0 Å². The number of carbonyl (C=O) groups excluding carboxylic acids is 2. The highest BCUT2D eigenvalue weighted by Crippen LogP contribution is 2.14. The van der Waals surface area contributed by atoms with Crippen LogP contribution in [0.4, 0.5) is 14.5 Å². The fourth-order valence-electron chi connectivity index (χ4n) is 1.59. The van der Waals surface area contributed by atoms with E-state index < -0.39 is 23.5 Å². The maximum Gasteiger partial charge on any atom is 0.339 e. The lowest BCUT2D eigenvalue weighted by Crippen LogP contribution is -2.14. The van der Waals surface area contributed by atoms with Crippen molar-refractivity contribution in [2.45, 2.75) is 0 Å². The molecule has 0 aliphatic carbocycles. The standard InChI is InChI=1S/C14H10F2N2O3/c1-21-14(20)8-2-3-12(17-7-8)13(19)18-11-5-9(15)4-10(16)6-11/h2-7H,1H3,(H,18,19). The van der Waals surface area contributed by atoms with E-state index in [-0.39, 0.29) is 16.9 Å². The largest absolute Gasteiger partial charge is 0.465 e. The lowest BCUT2D eigenvalue weighted by atomic mass is 10.2. The highest BCUT2D eigenvalue weighted by molar-refractivity contribution is 6.03. The molecule has 1 heterocycles. The van der Waals surface area contributed by atoms with Crippen molar-refractivity contribution >= 4 is 17.6 Å². The number of anilines is 1. The number of ether oxygens (including phenoxy) is 1. The van der Waals surface area contributed by atoms with Crippen LogP contribution in [0.3, 0.4) is 0 Å². The monoisotopic (exact) mass is 292 g/mol. The summed E-state index contributed by atoms with van der Waals surface area (Å²) in [6, 6.07) is 5.31. The molecule has 0 radical (unpaired) electrons. The number of nitrogens with zero attached hydrogens (tertiary/aromatic N) is 1. The molecule has 0 atom stereocenters. The Balaban J connectivity index is 2.15. The topological polar surface area (TPSA) is 68.3 Å². The zero-order chi connectivity index (χ0) is 15.4. The summed E-state index contributed by atoms with van der Waals surface area (Å²) in [7, 11) is 1.22. The van der Waals surface area contributed by atoms with Crippen molar-refractivity contribution in [3.05, 3.63) is 59.4 Å². The van der Waals surface area contributed by atoms with Gasteiger partial charge in [0.1, 0.15) is 17.3 Å². The summed E-state index contributed by atoms with van der Waals surface area (Å²) in [5, 5.41) is 2.30. The van der Waals surface area contributed by atoms with Crippen molar-refractivity contribution in [3.8, 4) is 0 Å². The Kier molecular flexibility index (Phi) is 4.22. The van der Waals surface area contributed by atoms with E-state index in [0.29, 0.717) is 6.07 Å². The molecule has 1 aromatic carbocycles. The van der Waals surface area contributed by atoms with Crippen LogP contribution in [0.1, 0.15) is 20.8 Å². The zero-order valence-corrected chi connectivity index (χ0v) is 10.9. The third-order valence-electron chi connectivity index (χ3n) is 2.54. The molecule has 0 saturated carbocycles. The van der Waals surface area contributed by atoms with Crippen LogP contribution >= 0.6 is 0 Å². The van der Waals surface area contributed by atoms with E-state index in [1.807, 2.05) is 0 Å². The fraction of sp³-hybridized carbons (Fsp3) is 0.0714. The van der Waals surface area contributed by atoms with Crippen molar-refractivity contribution in [2.75, 3.05) is 12.4 Å². The summed E-state index contributed by atoms with van der Waals surface area (Å²) in [5.74, 6) is -2.85. The van der Waals surface area contributed by atoms with Crippen molar-refractivity contribution in [3.63, 3.8) is 0 Å². The molecule has 0 aliphatic heterocycles. The number of aromatic nitrogens is 1. The first-order valence-corrected chi connectivity index (χ1v) is 5.81. The molecule has 5 nitrogen and oxygen atoms in total. The smallest absolute Gasteiger partial charge is 0.339 e. The number of hydrogen-bond donors (Lipinski definition) is 1. The molecular formula is C14H10F2N2O3. The number of amides is 1. The molecule has 2 aromatic rings. The summed E-state index contributed by atoms with van der Waals surface area (Å²) in [5.41, 5.74) is 0.148. The van der Waals surface area contributed by atoms with Gasteiger partial charge in [-0.3, -0.25) is 9.78 Å². The summed E-state index contributed by atoms with van der Waals surface area (Å²) in [4.78, 5) is 26.9. The Labute approximate surface area is 118 Å². The van der Waals surface area contributed by atoms with Crippen molar-refractivity contribution < 1.29 is 23.1 Å². The maximum atomic E-state index is 13.0. The van der Waals surface area contributed by atoms with Crippen LogP contribution in [0.5, 0.6) is 0 Å². The molecule has 1 amide bonds. The minimum atomic E-state index is -0.806. The quantitative estimate of drug-likeness (QED) is 0.882. The van der Waals surface area contributed by atoms with Gasteiger partial charge in [-0.05, 0) is 24.3 Å². The summed E-state index contributed by atoms with van der Waals surface area (Å²) in [6.45, 7) is 0. The minimum absolute atomic E-state index is 0.00711. The number of nitrogens with one attached hydrogen (secondary N) is 1. The van der Waals surface area contributed by atoms with E-state index in [1.54, 1.807) is 0 Å². The molecule has 108 valence electrons. The van der Waals surface area contributed by atoms with E-state index >= 15 is 0 Å². The third-order valence-corrected chi connectivity index (χ3v) is 2.54. The second kappa shape index (κ2) is 6.08. The predicted molar refractivity (Wildman–Crippen MR) is 69.9 cm³/mol. The summed E-state index contributed by atoms with van der Waals surface area (Å²) < 4.78 is 30.5. The maximum absolute atomic E-state index is 13.0. The Morgan fingerprint density at radius 1 is 1.14 bits per heavy atom. The van der Waals surface area contributed by atoms with Gasteiger partial charge in [0.25, 0.3) is 5.91 Å². The van der Waals surface area contributed by atoms with Crippen LogP contribution in [0, 0.1) is 11.6 Å². The normalized spacial score (nSPS) is 10.0. The van der Waals surface area contributed by atoms with E-state index in [1.165, 1.54) is 25.4 Å². The Bertz CT molecular complexity index is 667. The van der Waals surface area contributed by atoms with Crippen LogP contribution in [-0.4, -0.2) is 24.0 Å². The molecule has 0 unspecified atom stereocenters. The van der Waals surface area contributed by atoms with Crippen LogP contribution in [0.25, 0.3) is 0 Å². The lowest BCUT2D eigenvalue weighted by Gasteiger charge is -2.05. The van der Waals surface area contributed by atoms with E-state index in [2.05, 4.69) is 15.0 Å². The van der Waals surface area contributed by atoms with Crippen molar-refractivity contribution in [1.82, 2.24) is 4.98 Å². The van der Waals surface area contributed by atoms with Crippen LogP contribution in [0.15, 0.2) is 36.5 Å². The van der Waals surface area contributed by atoms with E-state index in [4.69, 9.17) is 0 Å².